The lowest BCUT2D eigenvalue weighted by Crippen LogP contribution is -2.30. The molecule has 0 aliphatic carbocycles. The fraction of sp³-hybridized carbons (Fsp3) is 0.471. The lowest BCUT2D eigenvalue weighted by atomic mass is 9.94. The van der Waals surface area contributed by atoms with Crippen molar-refractivity contribution in [3.63, 3.8) is 0 Å². The van der Waals surface area contributed by atoms with E-state index in [1.54, 1.807) is 0 Å². The van der Waals surface area contributed by atoms with Crippen molar-refractivity contribution in [1.29, 1.82) is 0 Å². The largest absolute Gasteiger partial charge is 0.465 e. The molecule has 1 aromatic carbocycles. The van der Waals surface area contributed by atoms with Crippen LogP contribution in [-0.4, -0.2) is 48.6 Å². The van der Waals surface area contributed by atoms with Crippen molar-refractivity contribution in [1.82, 2.24) is 5.01 Å². The fourth-order valence-electron chi connectivity index (χ4n) is 2.16. The van der Waals surface area contributed by atoms with Gasteiger partial charge in [-0.3, -0.25) is 19.7 Å². The highest BCUT2D eigenvalue weighted by molar-refractivity contribution is 6.20. The van der Waals surface area contributed by atoms with Crippen LogP contribution in [0.3, 0.4) is 0 Å². The van der Waals surface area contributed by atoms with Gasteiger partial charge in [0.05, 0.1) is 11.5 Å². The van der Waals surface area contributed by atoms with E-state index < -0.39 is 56.9 Å². The van der Waals surface area contributed by atoms with Gasteiger partial charge < -0.3 is 9.75 Å². The number of Topliss-reactive ketones (excluding diaryl/α,β-unsaturated/α-hetero) is 1. The molecule has 8 nitrogen and oxygen atoms in total. The molecule has 28 heavy (non-hydrogen) atoms. The number of benzene rings is 1. The highest BCUT2D eigenvalue weighted by Gasteiger charge is 2.39. The molecule has 0 aromatic heterocycles. The predicted octanol–water partition coefficient (Wildman–Crippen LogP) is 3.01. The smallest absolute Gasteiger partial charge is 0.322 e. The third kappa shape index (κ3) is 5.05. The second kappa shape index (κ2) is 9.81. The number of carbonyl (C=O) groups excluding carboxylic acids is 2. The van der Waals surface area contributed by atoms with E-state index in [4.69, 9.17) is 4.74 Å². The highest BCUT2D eigenvalue weighted by Crippen LogP contribution is 2.32. The van der Waals surface area contributed by atoms with Gasteiger partial charge in [0.2, 0.25) is 5.82 Å². The molecule has 0 spiro atoms. The average Bonchev–Trinajstić information content (AvgIpc) is 2.62. The van der Waals surface area contributed by atoms with Gasteiger partial charge in [0, 0.05) is 25.9 Å². The second-order valence-corrected chi connectivity index (χ2v) is 6.02. The zero-order valence-corrected chi connectivity index (χ0v) is 15.8. The van der Waals surface area contributed by atoms with Crippen molar-refractivity contribution >= 4 is 23.7 Å². The first-order chi connectivity index (χ1) is 13.0. The molecule has 11 heteroatoms. The third-order valence-corrected chi connectivity index (χ3v) is 3.67. The van der Waals surface area contributed by atoms with E-state index in [9.17, 15) is 32.9 Å². The Morgan fingerprint density at radius 3 is 2.36 bits per heavy atom. The van der Waals surface area contributed by atoms with Crippen LogP contribution in [0.4, 0.5) is 18.9 Å². The number of halogens is 3. The van der Waals surface area contributed by atoms with Gasteiger partial charge in [-0.05, 0) is 13.3 Å². The van der Waals surface area contributed by atoms with Gasteiger partial charge in [0.25, 0.3) is 0 Å². The Hall–Kier alpha value is -2.98. The number of hydrazone groups is 1. The maximum atomic E-state index is 14.5. The van der Waals surface area contributed by atoms with Crippen molar-refractivity contribution in [3.8, 4) is 0 Å². The molecule has 0 fully saturated rings. The average molecular weight is 403 g/mol. The molecule has 0 aliphatic heterocycles. The molecular formula is C17H20F3N3O5. The van der Waals surface area contributed by atoms with E-state index in [1.807, 2.05) is 6.92 Å². The van der Waals surface area contributed by atoms with Crippen LogP contribution < -0.4 is 0 Å². The molecule has 1 rings (SSSR count). The van der Waals surface area contributed by atoms with Crippen LogP contribution in [0.5, 0.6) is 0 Å². The van der Waals surface area contributed by atoms with Crippen molar-refractivity contribution in [3.05, 3.63) is 38.7 Å². The number of hydrogen-bond donors (Lipinski definition) is 0. The minimum atomic E-state index is -1.99. The number of carbonyl (C=O) groups is 2. The molecule has 0 saturated carbocycles. The number of rotatable bonds is 9. The van der Waals surface area contributed by atoms with Crippen LogP contribution in [-0.2, 0) is 9.53 Å². The molecular weight excluding hydrogens is 383 g/mol. The van der Waals surface area contributed by atoms with E-state index in [-0.39, 0.29) is 6.61 Å². The molecule has 1 unspecified atom stereocenters. The molecule has 0 amide bonds. The first kappa shape index (κ1) is 23.1. The number of nitrogens with zero attached hydrogens (tertiary/aromatic N) is 3. The molecule has 154 valence electrons. The summed E-state index contributed by atoms with van der Waals surface area (Å²) in [5.41, 5.74) is -3.95. The predicted molar refractivity (Wildman–Crippen MR) is 93.6 cm³/mol. The Morgan fingerprint density at radius 1 is 1.25 bits per heavy atom. The topological polar surface area (TPSA) is 102 Å². The van der Waals surface area contributed by atoms with Crippen LogP contribution in [0, 0.1) is 40.4 Å². The summed E-state index contributed by atoms with van der Waals surface area (Å²) >= 11 is 0. The lowest BCUT2D eigenvalue weighted by molar-refractivity contribution is -0.388. The lowest BCUT2D eigenvalue weighted by Gasteiger charge is -2.14. The van der Waals surface area contributed by atoms with Gasteiger partial charge in [-0.2, -0.15) is 9.49 Å². The Bertz CT molecular complexity index is 812. The maximum Gasteiger partial charge on any atom is 0.322 e. The Labute approximate surface area is 159 Å². The normalized spacial score (nSPS) is 12.1. The summed E-state index contributed by atoms with van der Waals surface area (Å²) in [5.74, 6) is -9.88. The molecule has 0 bridgehead atoms. The fourth-order valence-corrected chi connectivity index (χ4v) is 2.16. The minimum Gasteiger partial charge on any atom is -0.465 e. The number of unbranched alkanes of at least 4 members (excludes halogenated alkanes) is 1. The van der Waals surface area contributed by atoms with Crippen LogP contribution in [0.2, 0.25) is 0 Å². The zero-order chi connectivity index (χ0) is 21.6. The van der Waals surface area contributed by atoms with Gasteiger partial charge >= 0.3 is 11.7 Å². The maximum absolute atomic E-state index is 14.5. The summed E-state index contributed by atoms with van der Waals surface area (Å²) in [7, 11) is 2.93. The number of hydrogen-bond acceptors (Lipinski definition) is 7. The van der Waals surface area contributed by atoms with Gasteiger partial charge in [-0.1, -0.05) is 13.3 Å². The van der Waals surface area contributed by atoms with Crippen molar-refractivity contribution < 1.29 is 32.4 Å². The highest BCUT2D eigenvalue weighted by atomic mass is 19.2. The minimum absolute atomic E-state index is 0.0453. The van der Waals surface area contributed by atoms with Crippen LogP contribution >= 0.6 is 0 Å². The monoisotopic (exact) mass is 403 g/mol. The van der Waals surface area contributed by atoms with Crippen LogP contribution in [0.25, 0.3) is 0 Å². The third-order valence-electron chi connectivity index (χ3n) is 3.67. The van der Waals surface area contributed by atoms with Crippen molar-refractivity contribution in [2.24, 2.45) is 11.0 Å². The van der Waals surface area contributed by atoms with Crippen LogP contribution in [0.1, 0.15) is 35.7 Å². The van der Waals surface area contributed by atoms with E-state index in [0.717, 1.165) is 13.1 Å². The Morgan fingerprint density at radius 2 is 1.86 bits per heavy atom. The van der Waals surface area contributed by atoms with Crippen molar-refractivity contribution in [2.75, 3.05) is 20.7 Å². The first-order valence-corrected chi connectivity index (χ1v) is 8.28. The molecule has 1 atom stereocenters. The zero-order valence-electron chi connectivity index (χ0n) is 15.8. The number of ketones is 1. The summed E-state index contributed by atoms with van der Waals surface area (Å²) in [6.45, 7) is 2.60. The van der Waals surface area contributed by atoms with E-state index in [0.29, 0.717) is 12.8 Å². The standard InChI is InChI=1S/C17H20F3N3O5/c1-5-6-7-28-17(25)10(8-21-22(3)4)16(24)11-12(18)9(2)13(19)14(20)15(11)23(26)27/h8,10H,5-7H2,1-4H3. The molecule has 0 radical (unpaired) electrons. The number of nitro benzene ring substituents is 1. The van der Waals surface area contributed by atoms with Crippen molar-refractivity contribution in [2.45, 2.75) is 26.7 Å². The SMILES string of the molecule is CCCCOC(=O)C(C=NN(C)C)C(=O)c1c(F)c(C)c(F)c(F)c1[N+](=O)[O-]. The van der Waals surface area contributed by atoms with Gasteiger partial charge in [0.1, 0.15) is 11.4 Å². The van der Waals surface area contributed by atoms with Gasteiger partial charge in [-0.15, -0.1) is 0 Å². The summed E-state index contributed by atoms with van der Waals surface area (Å²) in [4.78, 5) is 34.7. The molecule has 1 aromatic rings. The Balaban J connectivity index is 3.54. The molecule has 0 aliphatic rings. The van der Waals surface area contributed by atoms with E-state index in [1.165, 1.54) is 19.1 Å². The van der Waals surface area contributed by atoms with Gasteiger partial charge in [-0.25, -0.2) is 8.78 Å². The number of ether oxygens (including phenoxy) is 1. The number of nitro groups is 1. The second-order valence-electron chi connectivity index (χ2n) is 6.02. The summed E-state index contributed by atoms with van der Waals surface area (Å²) in [6, 6.07) is 0. The molecule has 0 heterocycles. The van der Waals surface area contributed by atoms with Gasteiger partial charge in [0.15, 0.2) is 17.5 Å². The Kier molecular flexibility index (Phi) is 8.08. The first-order valence-electron chi connectivity index (χ1n) is 8.28. The summed E-state index contributed by atoms with van der Waals surface area (Å²) < 4.78 is 47.2. The molecule has 0 saturated heterocycles. The quantitative estimate of drug-likeness (QED) is 0.0918. The van der Waals surface area contributed by atoms with E-state index in [2.05, 4.69) is 5.10 Å². The summed E-state index contributed by atoms with van der Waals surface area (Å²) in [6.07, 6.45) is 1.97. The van der Waals surface area contributed by atoms with E-state index >= 15 is 0 Å². The number of esters is 1. The molecule has 0 N–H and O–H groups in total. The van der Waals surface area contributed by atoms with Crippen LogP contribution in [0.15, 0.2) is 5.10 Å². The summed E-state index contributed by atoms with van der Waals surface area (Å²) in [5, 5.41) is 16.1.